The fraction of sp³-hybridized carbons (Fsp3) is 0.500. The van der Waals surface area contributed by atoms with Crippen LogP contribution in [-0.4, -0.2) is 93.3 Å². The van der Waals surface area contributed by atoms with Crippen molar-refractivity contribution in [3.8, 4) is 23.0 Å². The van der Waals surface area contributed by atoms with Crippen molar-refractivity contribution in [1.82, 2.24) is 0 Å². The monoisotopic (exact) mass is 822 g/mol. The van der Waals surface area contributed by atoms with Crippen LogP contribution in [0.2, 0.25) is 0 Å². The second kappa shape index (κ2) is 19.6. The van der Waals surface area contributed by atoms with Crippen LogP contribution in [0.15, 0.2) is 53.9 Å². The van der Waals surface area contributed by atoms with E-state index >= 15 is 0 Å². The van der Waals surface area contributed by atoms with E-state index in [9.17, 15) is 39.9 Å². The van der Waals surface area contributed by atoms with Gasteiger partial charge in [0.05, 0.1) is 53.0 Å². The molecule has 0 radical (unpaired) electrons. The fourth-order valence-corrected chi connectivity index (χ4v) is 7.47. The number of aliphatic hydroxyl groups is 2. The molecule has 9 atom stereocenters. The minimum Gasteiger partial charge on any atom is -0.507 e. The number of carbonyl (C=O) groups excluding carboxylic acids is 3. The van der Waals surface area contributed by atoms with Crippen LogP contribution in [-0.2, 0) is 28.6 Å². The molecule has 5 rings (SSSR count). The highest BCUT2D eigenvalue weighted by atomic mass is 16.7. The number of nitrogens with one attached hydrogen (secondary N) is 1. The van der Waals surface area contributed by atoms with E-state index in [1.807, 2.05) is 0 Å². The van der Waals surface area contributed by atoms with E-state index in [0.717, 1.165) is 19.1 Å². The molecule has 15 heteroatoms. The number of unbranched alkanes of at least 4 members (excludes halogenated alkanes) is 2. The van der Waals surface area contributed by atoms with Gasteiger partial charge in [0, 0.05) is 61.2 Å². The quantitative estimate of drug-likeness (QED) is 0.0304. The van der Waals surface area contributed by atoms with Crippen molar-refractivity contribution in [3.05, 3.63) is 65.5 Å². The zero-order valence-corrected chi connectivity index (χ0v) is 35.1. The van der Waals surface area contributed by atoms with Gasteiger partial charge in [-0.2, -0.15) is 0 Å². The summed E-state index contributed by atoms with van der Waals surface area (Å²) in [5.41, 5.74) is -0.610. The Hall–Kier alpha value is -5.38. The lowest BCUT2D eigenvalue weighted by molar-refractivity contribution is -0.160. The van der Waals surface area contributed by atoms with Gasteiger partial charge in [-0.25, -0.2) is 0 Å². The van der Waals surface area contributed by atoms with Crippen LogP contribution in [0, 0.1) is 30.6 Å². The summed E-state index contributed by atoms with van der Waals surface area (Å²) in [6, 6.07) is 0. The molecule has 0 aromatic heterocycles. The number of carbonyl (C=O) groups is 3. The molecule has 15 nitrogen and oxygen atoms in total. The summed E-state index contributed by atoms with van der Waals surface area (Å²) >= 11 is 0. The molecule has 0 fully saturated rings. The first-order valence-electron chi connectivity index (χ1n) is 19.7. The van der Waals surface area contributed by atoms with Gasteiger partial charge in [-0.05, 0) is 39.2 Å². The molecule has 3 aliphatic rings. The van der Waals surface area contributed by atoms with Gasteiger partial charge >= 0.3 is 11.8 Å². The summed E-state index contributed by atoms with van der Waals surface area (Å²) < 4.78 is 23.5. The summed E-state index contributed by atoms with van der Waals surface area (Å²) in [6.07, 6.45) is 8.51. The number of benzene rings is 2. The highest BCUT2D eigenvalue weighted by Gasteiger charge is 2.50. The first kappa shape index (κ1) is 46.3. The maximum absolute atomic E-state index is 14.4. The Morgan fingerprint density at radius 2 is 1.68 bits per heavy atom. The third-order valence-electron chi connectivity index (χ3n) is 11.2. The van der Waals surface area contributed by atoms with Gasteiger partial charge in [0.15, 0.2) is 5.75 Å². The molecule has 1 amide bonds. The minimum absolute atomic E-state index is 0.0332. The van der Waals surface area contributed by atoms with E-state index in [1.54, 1.807) is 45.9 Å². The number of anilines is 1. The molecule has 59 heavy (non-hydrogen) atoms. The molecule has 0 saturated carbocycles. The molecule has 3 aliphatic heterocycles. The predicted octanol–water partition coefficient (Wildman–Crippen LogP) is 6.46. The van der Waals surface area contributed by atoms with Crippen LogP contribution < -0.4 is 10.1 Å². The van der Waals surface area contributed by atoms with Gasteiger partial charge in [-0.3, -0.25) is 14.4 Å². The zero-order valence-electron chi connectivity index (χ0n) is 35.1. The van der Waals surface area contributed by atoms with Crippen LogP contribution >= 0.6 is 0 Å². The predicted molar refractivity (Wildman–Crippen MR) is 221 cm³/mol. The van der Waals surface area contributed by atoms with Crippen LogP contribution in [0.1, 0.15) is 89.2 Å². The number of oxime groups is 1. The van der Waals surface area contributed by atoms with E-state index in [-0.39, 0.29) is 51.1 Å². The van der Waals surface area contributed by atoms with Crippen LogP contribution in [0.4, 0.5) is 5.69 Å². The number of ether oxygens (including phenoxy) is 4. The summed E-state index contributed by atoms with van der Waals surface area (Å²) in [5, 5.41) is 64.0. The molecular formula is C44H58N2O13. The van der Waals surface area contributed by atoms with Crippen molar-refractivity contribution in [2.75, 3.05) is 19.0 Å². The van der Waals surface area contributed by atoms with Gasteiger partial charge in [-0.1, -0.05) is 57.2 Å². The topological polar surface area (TPSA) is 223 Å². The number of amides is 1. The number of Topliss-reactive ketones (excluding diaryl/α,β-unsaturated/α-hetero) is 1. The Morgan fingerprint density at radius 1 is 0.983 bits per heavy atom. The normalized spacial score (nSPS) is 30.0. The van der Waals surface area contributed by atoms with Crippen molar-refractivity contribution in [3.63, 3.8) is 0 Å². The highest BCUT2D eigenvalue weighted by molar-refractivity contribution is 6.23. The van der Waals surface area contributed by atoms with Gasteiger partial charge < -0.3 is 54.6 Å². The number of esters is 1. The number of hydrogen-bond donors (Lipinski definition) is 6. The first-order chi connectivity index (χ1) is 27.8. The summed E-state index contributed by atoms with van der Waals surface area (Å²) in [7, 11) is 1.43. The second-order valence-electron chi connectivity index (χ2n) is 15.5. The van der Waals surface area contributed by atoms with Gasteiger partial charge in [0.25, 0.3) is 11.7 Å². The molecular weight excluding hydrogens is 764 g/mol. The molecule has 6 N–H and O–H groups in total. The van der Waals surface area contributed by atoms with Crippen LogP contribution in [0.5, 0.6) is 23.0 Å². The molecule has 0 aliphatic carbocycles. The van der Waals surface area contributed by atoms with Crippen molar-refractivity contribution in [1.29, 1.82) is 0 Å². The average molecular weight is 823 g/mol. The Morgan fingerprint density at radius 3 is 2.32 bits per heavy atom. The number of rotatable bonds is 9. The van der Waals surface area contributed by atoms with Crippen LogP contribution in [0.3, 0.4) is 0 Å². The lowest BCUT2D eigenvalue weighted by Crippen LogP contribution is -2.46. The molecule has 3 heterocycles. The minimum atomic E-state index is -2.06. The number of aliphatic hydroxyl groups excluding tert-OH is 2. The molecule has 0 unspecified atom stereocenters. The van der Waals surface area contributed by atoms with Crippen molar-refractivity contribution in [2.45, 2.75) is 105 Å². The molecule has 0 spiro atoms. The number of phenolic OH excluding ortho intramolecular Hbond substituents is 3. The molecule has 2 aromatic rings. The Kier molecular flexibility index (Phi) is 15.4. The number of fused-ring (bicyclic) bond motifs is 14. The van der Waals surface area contributed by atoms with Gasteiger partial charge in [0.1, 0.15) is 30.0 Å². The lowest BCUT2D eigenvalue weighted by Gasteiger charge is -2.38. The Bertz CT molecular complexity index is 2040. The maximum atomic E-state index is 14.4. The van der Waals surface area contributed by atoms with Crippen molar-refractivity contribution < 1.29 is 63.7 Å². The number of allylic oxidation sites excluding steroid dienone is 3. The second-order valence-corrected chi connectivity index (χ2v) is 15.5. The number of nitrogens with zero attached hydrogens (tertiary/aromatic N) is 1. The Labute approximate surface area is 344 Å². The Balaban J connectivity index is 1.94. The number of methoxy groups -OCH3 is 1. The van der Waals surface area contributed by atoms with Crippen molar-refractivity contribution in [2.24, 2.45) is 28.8 Å². The number of ketones is 1. The maximum Gasteiger partial charge on any atom is 0.312 e. The molecule has 2 aromatic carbocycles. The van der Waals surface area contributed by atoms with Gasteiger partial charge in [-0.15, -0.1) is 6.58 Å². The smallest absolute Gasteiger partial charge is 0.312 e. The average Bonchev–Trinajstić information content (AvgIpc) is 3.46. The first-order valence-corrected chi connectivity index (χ1v) is 19.7. The number of aromatic hydroxyl groups is 3. The summed E-state index contributed by atoms with van der Waals surface area (Å²) in [6.45, 7) is 16.3. The van der Waals surface area contributed by atoms with E-state index in [0.29, 0.717) is 6.42 Å². The lowest BCUT2D eigenvalue weighted by atomic mass is 9.78. The summed E-state index contributed by atoms with van der Waals surface area (Å²) in [4.78, 5) is 45.7. The van der Waals surface area contributed by atoms with Crippen molar-refractivity contribution >= 4 is 40.3 Å². The SMILES string of the molecule is C=CCCCCO/N=C/c1c2c(O)c3c(O)c(C)c4c(c3c1O)C(=O)[C@@](C)(O/C=C/[C@H](OC)[C@@H](C)[C@@H](OC(C)=O)[C@H](C)[C@H](O)[C@H](C)[C@@H](O)[C@H](C)/C=C/C=C(/C)C(=O)N2)O4. The van der Waals surface area contributed by atoms with E-state index in [1.165, 1.54) is 53.2 Å². The van der Waals surface area contributed by atoms with E-state index in [2.05, 4.69) is 17.1 Å². The molecule has 0 saturated heterocycles. The molecule has 322 valence electrons. The zero-order chi connectivity index (χ0) is 43.9. The standard InChI is InChI=1S/C44H58N2O13/c1-11-12-13-14-19-57-45-21-29-34-39(52)32-31(38(29)51)33-41(27(7)37(32)50)59-44(9,42(33)53)56-20-18-30(55-10)24(4)40(58-28(8)47)26(6)36(49)25(5)35(48)22(2)16-15-17-23(3)43(54)46-34/h11,15-18,20-22,24-26,30,35-36,40,48-52H,1,12-14,19H2,2-10H3,(H,46,54)/b16-15+,20-18+,23-17-,45-21+/t22-,24-,25-,26-,30+,35+,36-,40-,44+/m1/s1. The van der Waals surface area contributed by atoms with E-state index in [4.69, 9.17) is 23.8 Å². The number of hydrogen-bond acceptors (Lipinski definition) is 14. The van der Waals surface area contributed by atoms with Crippen LogP contribution in [0.25, 0.3) is 10.8 Å². The summed E-state index contributed by atoms with van der Waals surface area (Å²) in [5.74, 6) is -8.64. The number of phenols is 3. The molecule has 5 bridgehead atoms. The largest absolute Gasteiger partial charge is 0.507 e. The highest BCUT2D eigenvalue weighted by Crippen LogP contribution is 2.55. The third kappa shape index (κ3) is 9.75. The van der Waals surface area contributed by atoms with Gasteiger partial charge in [0.2, 0.25) is 0 Å². The van der Waals surface area contributed by atoms with E-state index < -0.39 is 88.8 Å². The fourth-order valence-electron chi connectivity index (χ4n) is 7.47. The third-order valence-corrected chi connectivity index (χ3v) is 11.2.